The van der Waals surface area contributed by atoms with Crippen LogP contribution in [0.3, 0.4) is 0 Å². The highest BCUT2D eigenvalue weighted by Gasteiger charge is 2.36. The lowest BCUT2D eigenvalue weighted by molar-refractivity contribution is 0.0713. The van der Waals surface area contributed by atoms with Gasteiger partial charge in [0, 0.05) is 30.5 Å². The fourth-order valence-electron chi connectivity index (χ4n) is 4.31. The molecule has 38 heavy (non-hydrogen) atoms. The molecular weight excluding hydrogens is 488 g/mol. The maximum absolute atomic E-state index is 13.2. The van der Waals surface area contributed by atoms with Crippen LogP contribution >= 0.6 is 0 Å². The third-order valence-electron chi connectivity index (χ3n) is 6.69. The molecule has 1 aliphatic rings. The Morgan fingerprint density at radius 3 is 2.76 bits per heavy atom. The summed E-state index contributed by atoms with van der Waals surface area (Å²) >= 11 is 0. The number of anilines is 1. The topological polar surface area (TPSA) is 135 Å². The van der Waals surface area contributed by atoms with Crippen molar-refractivity contribution in [1.29, 1.82) is 0 Å². The van der Waals surface area contributed by atoms with Crippen molar-refractivity contribution in [1.82, 2.24) is 24.4 Å². The Hall–Kier alpha value is -4.25. The van der Waals surface area contributed by atoms with Crippen LogP contribution in [0.15, 0.2) is 47.2 Å². The van der Waals surface area contributed by atoms with Crippen LogP contribution in [-0.4, -0.2) is 67.3 Å². The van der Waals surface area contributed by atoms with Crippen LogP contribution in [0.2, 0.25) is 0 Å². The molecule has 1 aliphatic heterocycles. The molecule has 5 rings (SSSR count). The SMILES string of the molecule is COC(=O)N1CC(c2nc(-c3ccc(C)c(NC(=O)c4cnc5cc(CCC(C)(C)O)ccn45)c3)no2)C1. The third-order valence-corrected chi connectivity index (χ3v) is 6.69. The number of nitrogens with zero attached hydrogens (tertiary/aromatic N) is 5. The van der Waals surface area contributed by atoms with Gasteiger partial charge in [-0.2, -0.15) is 4.98 Å². The van der Waals surface area contributed by atoms with Crippen LogP contribution in [-0.2, 0) is 11.2 Å². The molecule has 0 radical (unpaired) electrons. The van der Waals surface area contributed by atoms with Gasteiger partial charge >= 0.3 is 6.09 Å². The molecule has 3 aromatic heterocycles. The summed E-state index contributed by atoms with van der Waals surface area (Å²) in [7, 11) is 1.35. The summed E-state index contributed by atoms with van der Waals surface area (Å²) in [6, 6.07) is 9.41. The van der Waals surface area contributed by atoms with Gasteiger partial charge in [-0.15, -0.1) is 0 Å². The van der Waals surface area contributed by atoms with Crippen molar-refractivity contribution in [3.63, 3.8) is 0 Å². The van der Waals surface area contributed by atoms with E-state index in [-0.39, 0.29) is 17.9 Å². The summed E-state index contributed by atoms with van der Waals surface area (Å²) < 4.78 is 11.9. The number of carbonyl (C=O) groups excluding carboxylic acids is 2. The highest BCUT2D eigenvalue weighted by Crippen LogP contribution is 2.29. The average Bonchev–Trinajstić information content (AvgIpc) is 3.50. The first-order chi connectivity index (χ1) is 18.1. The maximum Gasteiger partial charge on any atom is 0.409 e. The number of pyridine rings is 1. The molecule has 0 saturated carbocycles. The number of carbonyl (C=O) groups is 2. The van der Waals surface area contributed by atoms with Crippen molar-refractivity contribution >= 4 is 23.3 Å². The molecular formula is C27H30N6O5. The molecule has 4 aromatic rings. The zero-order valence-electron chi connectivity index (χ0n) is 21.8. The Bertz CT molecular complexity index is 1500. The number of methoxy groups -OCH3 is 1. The molecule has 0 bridgehead atoms. The van der Waals surface area contributed by atoms with Gasteiger partial charge in [0.25, 0.3) is 5.91 Å². The number of amides is 2. The second-order valence-electron chi connectivity index (χ2n) is 10.2. The van der Waals surface area contributed by atoms with Crippen LogP contribution < -0.4 is 5.32 Å². The first-order valence-electron chi connectivity index (χ1n) is 12.4. The fourth-order valence-corrected chi connectivity index (χ4v) is 4.31. The second kappa shape index (κ2) is 9.90. The second-order valence-corrected chi connectivity index (χ2v) is 10.2. The van der Waals surface area contributed by atoms with Crippen molar-refractivity contribution in [3.05, 3.63) is 65.4 Å². The van der Waals surface area contributed by atoms with Crippen LogP contribution in [0, 0.1) is 6.92 Å². The highest BCUT2D eigenvalue weighted by molar-refractivity contribution is 6.04. The first-order valence-corrected chi connectivity index (χ1v) is 12.4. The third kappa shape index (κ3) is 5.23. The van der Waals surface area contributed by atoms with Gasteiger partial charge in [-0.1, -0.05) is 17.3 Å². The van der Waals surface area contributed by atoms with Crippen LogP contribution in [0.5, 0.6) is 0 Å². The molecule has 0 spiro atoms. The normalized spacial score (nSPS) is 14.0. The van der Waals surface area contributed by atoms with E-state index in [0.29, 0.717) is 60.2 Å². The lowest BCUT2D eigenvalue weighted by Crippen LogP contribution is -2.48. The van der Waals surface area contributed by atoms with Gasteiger partial charge < -0.3 is 24.6 Å². The smallest absolute Gasteiger partial charge is 0.409 e. The minimum atomic E-state index is -0.745. The van der Waals surface area contributed by atoms with Crippen molar-refractivity contribution in [2.45, 2.75) is 45.1 Å². The fraction of sp³-hybridized carbons (Fsp3) is 0.370. The highest BCUT2D eigenvalue weighted by atomic mass is 16.5. The Labute approximate surface area is 219 Å². The van der Waals surface area contributed by atoms with Crippen molar-refractivity contribution in [2.24, 2.45) is 0 Å². The predicted octanol–water partition coefficient (Wildman–Crippen LogP) is 3.81. The van der Waals surface area contributed by atoms with E-state index in [0.717, 1.165) is 11.1 Å². The van der Waals surface area contributed by atoms with E-state index < -0.39 is 5.60 Å². The Morgan fingerprint density at radius 1 is 1.24 bits per heavy atom. The number of aryl methyl sites for hydroxylation is 2. The van der Waals surface area contributed by atoms with Crippen molar-refractivity contribution in [3.8, 4) is 11.4 Å². The molecule has 0 unspecified atom stereocenters. The van der Waals surface area contributed by atoms with Gasteiger partial charge in [0.1, 0.15) is 11.3 Å². The molecule has 198 valence electrons. The number of aliphatic hydroxyl groups is 1. The Kier molecular flexibility index (Phi) is 6.62. The summed E-state index contributed by atoms with van der Waals surface area (Å²) in [5.41, 5.74) is 3.55. The van der Waals surface area contributed by atoms with Gasteiger partial charge in [0.2, 0.25) is 11.7 Å². The number of fused-ring (bicyclic) bond motifs is 1. The van der Waals surface area contributed by atoms with Crippen LogP contribution in [0.4, 0.5) is 10.5 Å². The molecule has 11 heteroatoms. The number of aromatic nitrogens is 4. The number of benzene rings is 1. The van der Waals surface area contributed by atoms with E-state index in [2.05, 4.69) is 20.4 Å². The van der Waals surface area contributed by atoms with E-state index in [1.54, 1.807) is 35.4 Å². The zero-order chi connectivity index (χ0) is 27.0. The van der Waals surface area contributed by atoms with Gasteiger partial charge in [-0.3, -0.25) is 9.20 Å². The van der Waals surface area contributed by atoms with Crippen molar-refractivity contribution < 1.29 is 24.0 Å². The molecule has 1 aromatic carbocycles. The summed E-state index contributed by atoms with van der Waals surface area (Å²) in [6.07, 6.45) is 4.33. The van der Waals surface area contributed by atoms with E-state index in [1.165, 1.54) is 7.11 Å². The van der Waals surface area contributed by atoms with Crippen LogP contribution in [0.25, 0.3) is 17.0 Å². The van der Waals surface area contributed by atoms with E-state index in [1.807, 2.05) is 37.4 Å². The number of hydrogen-bond acceptors (Lipinski definition) is 8. The van der Waals surface area contributed by atoms with E-state index in [4.69, 9.17) is 9.26 Å². The van der Waals surface area contributed by atoms with Crippen molar-refractivity contribution in [2.75, 3.05) is 25.5 Å². The number of nitrogens with one attached hydrogen (secondary N) is 1. The lowest BCUT2D eigenvalue weighted by Gasteiger charge is -2.35. The molecule has 1 fully saturated rings. The predicted molar refractivity (Wildman–Crippen MR) is 139 cm³/mol. The van der Waals surface area contributed by atoms with E-state index >= 15 is 0 Å². The monoisotopic (exact) mass is 518 g/mol. The van der Waals surface area contributed by atoms with Gasteiger partial charge in [-0.25, -0.2) is 9.78 Å². The average molecular weight is 519 g/mol. The Balaban J connectivity index is 1.29. The first kappa shape index (κ1) is 25.4. The molecule has 1 saturated heterocycles. The van der Waals surface area contributed by atoms with Crippen LogP contribution in [0.1, 0.15) is 53.7 Å². The summed E-state index contributed by atoms with van der Waals surface area (Å²) in [5, 5.41) is 17.1. The Morgan fingerprint density at radius 2 is 2.03 bits per heavy atom. The van der Waals surface area contributed by atoms with E-state index in [9.17, 15) is 14.7 Å². The lowest BCUT2D eigenvalue weighted by atomic mass is 9.99. The largest absolute Gasteiger partial charge is 0.453 e. The van der Waals surface area contributed by atoms with Gasteiger partial charge in [0.15, 0.2) is 0 Å². The zero-order valence-corrected chi connectivity index (χ0v) is 21.8. The van der Waals surface area contributed by atoms with Gasteiger partial charge in [0.05, 0.1) is 24.8 Å². The molecule has 0 aliphatic carbocycles. The number of imidazole rings is 1. The quantitative estimate of drug-likeness (QED) is 0.377. The maximum atomic E-state index is 13.2. The minimum Gasteiger partial charge on any atom is -0.453 e. The molecule has 4 heterocycles. The number of rotatable bonds is 7. The molecule has 2 N–H and O–H groups in total. The molecule has 11 nitrogen and oxygen atoms in total. The number of hydrogen-bond donors (Lipinski definition) is 2. The molecule has 0 atom stereocenters. The molecule has 2 amide bonds. The standard InChI is InChI=1S/C27H30N6O5/c1-16-5-6-18(23-30-25(38-31-23)19-14-32(15-19)26(35)37-4)12-20(16)29-24(34)21-13-28-22-11-17(8-10-33(21)22)7-9-27(2,3)36/h5-6,8,10-13,19,36H,7,9,14-15H2,1-4H3,(H,29,34). The summed E-state index contributed by atoms with van der Waals surface area (Å²) in [6.45, 7) is 6.40. The summed E-state index contributed by atoms with van der Waals surface area (Å²) in [4.78, 5) is 35.2. The van der Waals surface area contributed by atoms with Gasteiger partial charge in [-0.05, 0) is 62.9 Å². The number of ether oxygens (including phenoxy) is 1. The summed E-state index contributed by atoms with van der Waals surface area (Å²) in [5.74, 6) is 0.526. The minimum absolute atomic E-state index is 0.0363. The number of likely N-dealkylation sites (tertiary alicyclic amines) is 1.